The van der Waals surface area contributed by atoms with Gasteiger partial charge in [-0.25, -0.2) is 9.52 Å². The molecule has 3 aromatic heterocycles. The number of hydrogen-bond acceptors (Lipinski definition) is 8. The van der Waals surface area contributed by atoms with Crippen molar-refractivity contribution in [1.82, 2.24) is 24.5 Å². The summed E-state index contributed by atoms with van der Waals surface area (Å²) < 4.78 is 38.9. The van der Waals surface area contributed by atoms with Gasteiger partial charge in [0, 0.05) is 25.4 Å². The lowest BCUT2D eigenvalue weighted by molar-refractivity contribution is 0.256. The molecule has 0 spiro atoms. The van der Waals surface area contributed by atoms with Gasteiger partial charge in [-0.1, -0.05) is 6.07 Å². The van der Waals surface area contributed by atoms with Gasteiger partial charge in [0.1, 0.15) is 11.6 Å². The Kier molecular flexibility index (Phi) is 5.64. The van der Waals surface area contributed by atoms with E-state index in [9.17, 15) is 13.2 Å². The number of carbonyl (C=O) groups is 1. The molecular weight excluding hydrogens is 400 g/mol. The number of hydrogen-bond donors (Lipinski definition) is 2. The Bertz CT molecular complexity index is 1110. The second-order valence-electron chi connectivity index (χ2n) is 5.70. The van der Waals surface area contributed by atoms with Gasteiger partial charge in [-0.2, -0.15) is 18.5 Å². The average molecular weight is 418 g/mol. The number of sulfonamides is 1. The predicted octanol–water partition coefficient (Wildman–Crippen LogP) is 1.40. The summed E-state index contributed by atoms with van der Waals surface area (Å²) in [6, 6.07) is 6.97. The number of carbonyl (C=O) groups excluding carboxylic acids is 1. The SMILES string of the molecule is COc1cc(NC(=O)NS(=O)(=O)c2c(-c3ccccn3)cnn2C)nc(OC)c1. The summed E-state index contributed by atoms with van der Waals surface area (Å²) in [5, 5.41) is 6.11. The Hall–Kier alpha value is -3.67. The molecule has 3 aromatic rings. The maximum atomic E-state index is 12.8. The maximum Gasteiger partial charge on any atom is 0.334 e. The van der Waals surface area contributed by atoms with Gasteiger partial charge < -0.3 is 9.47 Å². The Morgan fingerprint density at radius 2 is 1.97 bits per heavy atom. The molecule has 2 amide bonds. The first kappa shape index (κ1) is 20.1. The quantitative estimate of drug-likeness (QED) is 0.613. The van der Waals surface area contributed by atoms with Crippen molar-refractivity contribution in [1.29, 1.82) is 0 Å². The number of rotatable bonds is 6. The van der Waals surface area contributed by atoms with E-state index in [-0.39, 0.29) is 22.3 Å². The summed E-state index contributed by atoms with van der Waals surface area (Å²) in [6.07, 6.45) is 2.89. The van der Waals surface area contributed by atoms with Gasteiger partial charge in [0.15, 0.2) is 5.03 Å². The minimum absolute atomic E-state index is 0.0452. The van der Waals surface area contributed by atoms with E-state index >= 15 is 0 Å². The van der Waals surface area contributed by atoms with E-state index < -0.39 is 16.1 Å². The van der Waals surface area contributed by atoms with Crippen LogP contribution in [0.3, 0.4) is 0 Å². The fourth-order valence-electron chi connectivity index (χ4n) is 2.52. The standard InChI is InChI=1S/C17H18N6O5S/c1-23-16(12(10-19-23)13-6-4-5-7-18-13)29(25,26)22-17(24)21-14-8-11(27-2)9-15(20-14)28-3/h4-10H,1-3H3,(H2,20,21,22,24). The number of methoxy groups -OCH3 is 2. The molecule has 0 aliphatic heterocycles. The Balaban J connectivity index is 1.86. The van der Waals surface area contributed by atoms with Gasteiger partial charge in [0.05, 0.1) is 31.7 Å². The number of nitrogens with zero attached hydrogens (tertiary/aromatic N) is 4. The first-order chi connectivity index (χ1) is 13.8. The predicted molar refractivity (Wildman–Crippen MR) is 103 cm³/mol. The largest absolute Gasteiger partial charge is 0.496 e. The number of nitrogens with one attached hydrogen (secondary N) is 2. The Morgan fingerprint density at radius 3 is 2.62 bits per heavy atom. The molecule has 0 aliphatic carbocycles. The van der Waals surface area contributed by atoms with Crippen molar-refractivity contribution in [3.05, 3.63) is 42.7 Å². The molecule has 3 rings (SSSR count). The summed E-state index contributed by atoms with van der Waals surface area (Å²) in [7, 11) is 0.0184. The zero-order chi connectivity index (χ0) is 21.0. The van der Waals surface area contributed by atoms with E-state index in [1.54, 1.807) is 18.2 Å². The summed E-state index contributed by atoms with van der Waals surface area (Å²) in [5.41, 5.74) is 0.662. The highest BCUT2D eigenvalue weighted by Gasteiger charge is 2.27. The van der Waals surface area contributed by atoms with Crippen molar-refractivity contribution in [3.63, 3.8) is 0 Å². The average Bonchev–Trinajstić information content (AvgIpc) is 3.10. The minimum atomic E-state index is -4.27. The summed E-state index contributed by atoms with van der Waals surface area (Å²) in [4.78, 5) is 20.5. The number of urea groups is 1. The highest BCUT2D eigenvalue weighted by atomic mass is 32.2. The molecule has 3 heterocycles. The molecule has 0 fully saturated rings. The lowest BCUT2D eigenvalue weighted by atomic mass is 10.2. The fourth-order valence-corrected chi connectivity index (χ4v) is 3.76. The van der Waals surface area contributed by atoms with Gasteiger partial charge in [-0.3, -0.25) is 15.0 Å². The van der Waals surface area contributed by atoms with Crippen molar-refractivity contribution in [2.24, 2.45) is 7.05 Å². The van der Waals surface area contributed by atoms with Crippen LogP contribution in [0.5, 0.6) is 11.6 Å². The van der Waals surface area contributed by atoms with E-state index in [4.69, 9.17) is 9.47 Å². The molecular formula is C17H18N6O5S. The summed E-state index contributed by atoms with van der Waals surface area (Å²) >= 11 is 0. The molecule has 0 saturated heterocycles. The van der Waals surface area contributed by atoms with E-state index in [1.807, 2.05) is 4.72 Å². The number of ether oxygens (including phenoxy) is 2. The van der Waals surface area contributed by atoms with Crippen LogP contribution in [0.25, 0.3) is 11.3 Å². The summed E-state index contributed by atoms with van der Waals surface area (Å²) in [5.74, 6) is 0.606. The second kappa shape index (κ2) is 8.14. The van der Waals surface area contributed by atoms with E-state index in [0.717, 1.165) is 4.68 Å². The van der Waals surface area contributed by atoms with Crippen LogP contribution in [0.1, 0.15) is 0 Å². The number of aryl methyl sites for hydroxylation is 1. The van der Waals surface area contributed by atoms with Crippen LogP contribution in [0.2, 0.25) is 0 Å². The third kappa shape index (κ3) is 4.43. The maximum absolute atomic E-state index is 12.8. The second-order valence-corrected chi connectivity index (χ2v) is 7.29. The monoisotopic (exact) mass is 418 g/mol. The molecule has 0 aliphatic rings. The molecule has 0 bridgehead atoms. The fraction of sp³-hybridized carbons (Fsp3) is 0.176. The van der Waals surface area contributed by atoms with Crippen LogP contribution >= 0.6 is 0 Å². The van der Waals surface area contributed by atoms with E-state index in [0.29, 0.717) is 11.4 Å². The molecule has 29 heavy (non-hydrogen) atoms. The number of anilines is 1. The first-order valence-electron chi connectivity index (χ1n) is 8.21. The van der Waals surface area contributed by atoms with Crippen molar-refractivity contribution in [3.8, 4) is 22.9 Å². The van der Waals surface area contributed by atoms with Gasteiger partial charge in [0.2, 0.25) is 5.88 Å². The van der Waals surface area contributed by atoms with Crippen LogP contribution in [0.15, 0.2) is 47.8 Å². The first-order valence-corrected chi connectivity index (χ1v) is 9.69. The van der Waals surface area contributed by atoms with Crippen LogP contribution in [-0.4, -0.2) is 48.4 Å². The van der Waals surface area contributed by atoms with Crippen LogP contribution < -0.4 is 19.5 Å². The highest BCUT2D eigenvalue weighted by Crippen LogP contribution is 2.25. The van der Waals surface area contributed by atoms with Crippen molar-refractivity contribution in [2.45, 2.75) is 5.03 Å². The van der Waals surface area contributed by atoms with Gasteiger partial charge in [-0.15, -0.1) is 0 Å². The van der Waals surface area contributed by atoms with Crippen LogP contribution in [-0.2, 0) is 17.1 Å². The molecule has 0 aromatic carbocycles. The highest BCUT2D eigenvalue weighted by molar-refractivity contribution is 7.90. The minimum Gasteiger partial charge on any atom is -0.496 e. The zero-order valence-electron chi connectivity index (χ0n) is 15.8. The number of pyridine rings is 2. The van der Waals surface area contributed by atoms with E-state index in [1.165, 1.54) is 45.8 Å². The zero-order valence-corrected chi connectivity index (χ0v) is 16.6. The Morgan fingerprint density at radius 1 is 1.17 bits per heavy atom. The van der Waals surface area contributed by atoms with Crippen molar-refractivity contribution in [2.75, 3.05) is 19.5 Å². The van der Waals surface area contributed by atoms with Crippen molar-refractivity contribution >= 4 is 21.9 Å². The molecule has 2 N–H and O–H groups in total. The lowest BCUT2D eigenvalue weighted by Crippen LogP contribution is -2.35. The number of amides is 2. The van der Waals surface area contributed by atoms with Crippen LogP contribution in [0.4, 0.5) is 10.6 Å². The Labute approximate surface area is 166 Å². The smallest absolute Gasteiger partial charge is 0.334 e. The molecule has 12 heteroatoms. The number of aromatic nitrogens is 4. The van der Waals surface area contributed by atoms with Gasteiger partial charge in [0.25, 0.3) is 10.0 Å². The molecule has 11 nitrogen and oxygen atoms in total. The molecule has 0 atom stereocenters. The van der Waals surface area contributed by atoms with Crippen molar-refractivity contribution < 1.29 is 22.7 Å². The third-order valence-corrected chi connectivity index (χ3v) is 5.22. The molecule has 0 radical (unpaired) electrons. The molecule has 0 saturated carbocycles. The molecule has 0 unspecified atom stereocenters. The normalized spacial score (nSPS) is 11.0. The topological polar surface area (TPSA) is 137 Å². The lowest BCUT2D eigenvalue weighted by Gasteiger charge is -2.11. The van der Waals surface area contributed by atoms with Crippen LogP contribution in [0, 0.1) is 0 Å². The molecule has 152 valence electrons. The third-order valence-electron chi connectivity index (χ3n) is 3.77. The van der Waals surface area contributed by atoms with E-state index in [2.05, 4.69) is 20.4 Å². The summed E-state index contributed by atoms with van der Waals surface area (Å²) in [6.45, 7) is 0. The van der Waals surface area contributed by atoms with Gasteiger partial charge in [-0.05, 0) is 12.1 Å². The van der Waals surface area contributed by atoms with Gasteiger partial charge >= 0.3 is 6.03 Å².